The number of unbranched alkanes of at least 4 members (excludes halogenated alkanes) is 1. The fourth-order valence-corrected chi connectivity index (χ4v) is 7.18. The molecule has 4 N–H and O–H groups in total. The van der Waals surface area contributed by atoms with E-state index in [0.717, 1.165) is 88.7 Å². The zero-order chi connectivity index (χ0) is 29.0. The molecule has 2 aromatic rings. The third-order valence-corrected chi connectivity index (χ3v) is 9.79. The first kappa shape index (κ1) is 31.0. The molecule has 1 saturated carbocycles. The van der Waals surface area contributed by atoms with E-state index in [-0.39, 0.29) is 17.9 Å². The van der Waals surface area contributed by atoms with Crippen LogP contribution in [0.5, 0.6) is 0 Å². The lowest BCUT2D eigenvalue weighted by Crippen LogP contribution is -2.46. The van der Waals surface area contributed by atoms with E-state index in [1.165, 1.54) is 44.0 Å². The molecule has 0 bridgehead atoms. The summed E-state index contributed by atoms with van der Waals surface area (Å²) in [6, 6.07) is 15.2. The van der Waals surface area contributed by atoms with E-state index in [9.17, 15) is 9.59 Å². The molecular weight excluding hydrogens is 522 g/mol. The quantitative estimate of drug-likeness (QED) is 0.266. The summed E-state index contributed by atoms with van der Waals surface area (Å²) in [6.45, 7) is 7.35. The largest absolute Gasteiger partial charge is 0.353 e. The Morgan fingerprint density at radius 2 is 1.55 bits per heavy atom. The number of fused-ring (bicyclic) bond motifs is 1. The first-order valence-electron chi connectivity index (χ1n) is 16.9. The molecule has 0 spiro atoms. The van der Waals surface area contributed by atoms with Crippen molar-refractivity contribution in [3.63, 3.8) is 0 Å². The summed E-state index contributed by atoms with van der Waals surface area (Å²) in [5.74, 6) is 1.23. The van der Waals surface area contributed by atoms with Gasteiger partial charge in [0, 0.05) is 37.6 Å². The SMILES string of the molecule is O=C(Cc1cccc2ccccc12)NC1CCC(C(=O)N2CCC(CNCCCCNCC3CCCCN3)CC2)CC1. The molecule has 7 heteroatoms. The molecule has 2 amide bonds. The number of nitrogens with one attached hydrogen (secondary N) is 4. The van der Waals surface area contributed by atoms with E-state index in [1.807, 2.05) is 24.3 Å². The third kappa shape index (κ3) is 9.26. The average Bonchev–Trinajstić information content (AvgIpc) is 3.03. The van der Waals surface area contributed by atoms with Crippen molar-refractivity contribution >= 4 is 22.6 Å². The molecule has 230 valence electrons. The summed E-state index contributed by atoms with van der Waals surface area (Å²) in [5, 5.41) is 16.5. The van der Waals surface area contributed by atoms with Crippen molar-refractivity contribution in [2.24, 2.45) is 11.8 Å². The highest BCUT2D eigenvalue weighted by Gasteiger charge is 2.32. The van der Waals surface area contributed by atoms with Gasteiger partial charge < -0.3 is 26.2 Å². The van der Waals surface area contributed by atoms with Gasteiger partial charge in [0.05, 0.1) is 6.42 Å². The van der Waals surface area contributed by atoms with Gasteiger partial charge in [-0.05, 0) is 113 Å². The Balaban J connectivity index is 0.908. The Kier molecular flexibility index (Phi) is 12.1. The van der Waals surface area contributed by atoms with E-state index < -0.39 is 0 Å². The van der Waals surface area contributed by atoms with Gasteiger partial charge in [0.1, 0.15) is 0 Å². The lowest BCUT2D eigenvalue weighted by atomic mass is 9.84. The smallest absolute Gasteiger partial charge is 0.225 e. The van der Waals surface area contributed by atoms with Crippen LogP contribution in [0.2, 0.25) is 0 Å². The highest BCUT2D eigenvalue weighted by molar-refractivity contribution is 5.90. The maximum absolute atomic E-state index is 13.3. The summed E-state index contributed by atoms with van der Waals surface area (Å²) in [6.07, 6.45) is 12.6. The van der Waals surface area contributed by atoms with Crippen molar-refractivity contribution in [2.45, 2.75) is 89.1 Å². The Labute approximate surface area is 253 Å². The molecule has 3 aliphatic rings. The molecule has 0 aromatic heterocycles. The van der Waals surface area contributed by atoms with Gasteiger partial charge in [-0.1, -0.05) is 48.9 Å². The predicted octanol–water partition coefficient (Wildman–Crippen LogP) is 4.40. The van der Waals surface area contributed by atoms with Gasteiger partial charge in [-0.15, -0.1) is 0 Å². The van der Waals surface area contributed by atoms with Gasteiger partial charge in [0.25, 0.3) is 0 Å². The maximum Gasteiger partial charge on any atom is 0.225 e. The zero-order valence-corrected chi connectivity index (χ0v) is 25.5. The number of rotatable bonds is 13. The van der Waals surface area contributed by atoms with Gasteiger partial charge in [0.2, 0.25) is 11.8 Å². The number of hydrogen-bond donors (Lipinski definition) is 4. The van der Waals surface area contributed by atoms with Crippen LogP contribution in [0.1, 0.15) is 76.2 Å². The number of benzene rings is 2. The summed E-state index contributed by atoms with van der Waals surface area (Å²) >= 11 is 0. The third-order valence-electron chi connectivity index (χ3n) is 9.79. The Morgan fingerprint density at radius 3 is 2.31 bits per heavy atom. The number of piperidine rings is 2. The van der Waals surface area contributed by atoms with Crippen molar-refractivity contribution in [2.75, 3.05) is 45.8 Å². The minimum absolute atomic E-state index is 0.0840. The van der Waals surface area contributed by atoms with E-state index in [4.69, 9.17) is 0 Å². The minimum Gasteiger partial charge on any atom is -0.353 e. The van der Waals surface area contributed by atoms with Crippen LogP contribution in [-0.2, 0) is 16.0 Å². The van der Waals surface area contributed by atoms with Crippen LogP contribution < -0.4 is 21.3 Å². The van der Waals surface area contributed by atoms with Crippen LogP contribution >= 0.6 is 0 Å². The summed E-state index contributed by atoms with van der Waals surface area (Å²) in [7, 11) is 0. The van der Waals surface area contributed by atoms with E-state index in [2.05, 4.69) is 44.4 Å². The van der Waals surface area contributed by atoms with Crippen molar-refractivity contribution in [3.8, 4) is 0 Å². The molecule has 0 radical (unpaired) electrons. The number of hydrogen-bond acceptors (Lipinski definition) is 5. The first-order chi connectivity index (χ1) is 20.7. The zero-order valence-electron chi connectivity index (χ0n) is 25.5. The van der Waals surface area contributed by atoms with Gasteiger partial charge in [-0.3, -0.25) is 9.59 Å². The second kappa shape index (κ2) is 16.4. The van der Waals surface area contributed by atoms with Crippen molar-refractivity contribution in [1.82, 2.24) is 26.2 Å². The lowest BCUT2D eigenvalue weighted by Gasteiger charge is -2.36. The summed E-state index contributed by atoms with van der Waals surface area (Å²) < 4.78 is 0. The molecule has 2 aliphatic heterocycles. The van der Waals surface area contributed by atoms with Gasteiger partial charge in [0.15, 0.2) is 0 Å². The van der Waals surface area contributed by atoms with Crippen LogP contribution in [0.4, 0.5) is 0 Å². The normalized spacial score (nSPS) is 23.6. The number of likely N-dealkylation sites (tertiary alicyclic amines) is 1. The molecule has 1 unspecified atom stereocenters. The molecule has 2 aromatic carbocycles. The van der Waals surface area contributed by atoms with Crippen LogP contribution in [0, 0.1) is 11.8 Å². The van der Waals surface area contributed by atoms with Crippen LogP contribution in [-0.4, -0.2) is 74.6 Å². The van der Waals surface area contributed by atoms with Gasteiger partial charge >= 0.3 is 0 Å². The summed E-state index contributed by atoms with van der Waals surface area (Å²) in [5.41, 5.74) is 1.07. The van der Waals surface area contributed by atoms with E-state index in [1.54, 1.807) is 0 Å². The van der Waals surface area contributed by atoms with Crippen molar-refractivity contribution in [1.29, 1.82) is 0 Å². The van der Waals surface area contributed by atoms with Crippen molar-refractivity contribution < 1.29 is 9.59 Å². The standard InChI is InChI=1S/C35H53N5O2/c41-34(24-30-10-7-9-28-8-1-2-12-33(28)30)39-31-15-13-29(14-16-31)35(42)40-22-17-27(18-23-40)25-36-19-5-6-20-37-26-32-11-3-4-21-38-32/h1-2,7-10,12,27,29,31-32,36-38H,3-6,11,13-26H2,(H,39,41). The minimum atomic E-state index is 0.0840. The monoisotopic (exact) mass is 575 g/mol. The molecule has 3 fully saturated rings. The second-order valence-corrected chi connectivity index (χ2v) is 13.0. The number of carbonyl (C=O) groups is 2. The summed E-state index contributed by atoms with van der Waals surface area (Å²) in [4.78, 5) is 28.2. The molecule has 1 aliphatic carbocycles. The van der Waals surface area contributed by atoms with Crippen LogP contribution in [0.3, 0.4) is 0 Å². The predicted molar refractivity (Wildman–Crippen MR) is 171 cm³/mol. The molecule has 2 saturated heterocycles. The molecule has 5 rings (SSSR count). The van der Waals surface area contributed by atoms with Gasteiger partial charge in [-0.2, -0.15) is 0 Å². The molecule has 1 atom stereocenters. The lowest BCUT2D eigenvalue weighted by molar-refractivity contribution is -0.138. The second-order valence-electron chi connectivity index (χ2n) is 13.0. The number of carbonyl (C=O) groups excluding carboxylic acids is 2. The molecular formula is C35H53N5O2. The van der Waals surface area contributed by atoms with Crippen LogP contribution in [0.25, 0.3) is 10.8 Å². The first-order valence-corrected chi connectivity index (χ1v) is 16.9. The highest BCUT2D eigenvalue weighted by Crippen LogP contribution is 2.28. The topological polar surface area (TPSA) is 85.5 Å². The Morgan fingerprint density at radius 1 is 0.810 bits per heavy atom. The molecule has 7 nitrogen and oxygen atoms in total. The molecule has 42 heavy (non-hydrogen) atoms. The van der Waals surface area contributed by atoms with Crippen molar-refractivity contribution in [3.05, 3.63) is 48.0 Å². The highest BCUT2D eigenvalue weighted by atomic mass is 16.2. The van der Waals surface area contributed by atoms with E-state index >= 15 is 0 Å². The fraction of sp³-hybridized carbons (Fsp3) is 0.657. The Hall–Kier alpha value is -2.48. The number of nitrogens with zero attached hydrogens (tertiary/aromatic N) is 1. The maximum atomic E-state index is 13.3. The van der Waals surface area contributed by atoms with E-state index in [0.29, 0.717) is 24.3 Å². The van der Waals surface area contributed by atoms with Crippen LogP contribution in [0.15, 0.2) is 42.5 Å². The van der Waals surface area contributed by atoms with Gasteiger partial charge in [-0.25, -0.2) is 0 Å². The Bertz CT molecular complexity index is 1110. The number of amides is 2. The average molecular weight is 576 g/mol. The fourth-order valence-electron chi connectivity index (χ4n) is 7.18. The molecule has 2 heterocycles.